The summed E-state index contributed by atoms with van der Waals surface area (Å²) in [5.41, 5.74) is 0. The van der Waals surface area contributed by atoms with Crippen molar-refractivity contribution in [2.45, 2.75) is 43.8 Å². The highest BCUT2D eigenvalue weighted by Gasteiger charge is 2.25. The predicted molar refractivity (Wildman–Crippen MR) is 47.4 cm³/mol. The molecule has 1 saturated heterocycles. The first kappa shape index (κ1) is 7.02. The monoisotopic (exact) mass is 156 g/mol. The largest absolute Gasteiger partial charge is 0.158 e. The molecule has 2 rings (SSSR count). The van der Waals surface area contributed by atoms with Gasteiger partial charge < -0.3 is 0 Å². The number of rotatable bonds is 0. The Hall–Kier alpha value is 0.350. The number of hydrogen-bond acceptors (Lipinski definition) is 1. The second kappa shape index (κ2) is 3.17. The molecule has 2 unspecified atom stereocenters. The summed E-state index contributed by atoms with van der Waals surface area (Å²) in [5.74, 6) is 2.58. The van der Waals surface area contributed by atoms with Crippen LogP contribution in [0.2, 0.25) is 0 Å². The fraction of sp³-hybridized carbons (Fsp3) is 1.00. The third-order valence-electron chi connectivity index (χ3n) is 2.80. The quantitative estimate of drug-likeness (QED) is 0.519. The van der Waals surface area contributed by atoms with E-state index in [-0.39, 0.29) is 0 Å². The molecule has 1 saturated carbocycles. The maximum absolute atomic E-state index is 2.24. The van der Waals surface area contributed by atoms with Gasteiger partial charge in [-0.15, -0.1) is 0 Å². The lowest BCUT2D eigenvalue weighted by atomic mass is 9.93. The minimum Gasteiger partial charge on any atom is -0.158 e. The number of fused-ring (bicyclic) bond motifs is 2. The van der Waals surface area contributed by atoms with Crippen molar-refractivity contribution < 1.29 is 0 Å². The topological polar surface area (TPSA) is 0 Å². The van der Waals surface area contributed by atoms with Gasteiger partial charge in [0.2, 0.25) is 0 Å². The lowest BCUT2D eigenvalue weighted by Crippen LogP contribution is -2.05. The van der Waals surface area contributed by atoms with E-state index in [0.29, 0.717) is 0 Å². The summed E-state index contributed by atoms with van der Waals surface area (Å²) in [6.07, 6.45) is 9.12. The van der Waals surface area contributed by atoms with E-state index in [1.807, 2.05) is 0 Å². The summed E-state index contributed by atoms with van der Waals surface area (Å²) < 4.78 is 0. The summed E-state index contributed by atoms with van der Waals surface area (Å²) in [4.78, 5) is 0. The van der Waals surface area contributed by atoms with Crippen molar-refractivity contribution in [3.05, 3.63) is 0 Å². The Morgan fingerprint density at radius 3 is 2.90 bits per heavy atom. The molecule has 2 fully saturated rings. The van der Waals surface area contributed by atoms with Crippen LogP contribution in [0.5, 0.6) is 0 Å². The van der Waals surface area contributed by atoms with Gasteiger partial charge in [0, 0.05) is 5.25 Å². The molecule has 1 aliphatic carbocycles. The van der Waals surface area contributed by atoms with Crippen molar-refractivity contribution in [1.29, 1.82) is 0 Å². The first-order chi connectivity index (χ1) is 4.95. The van der Waals surface area contributed by atoms with Gasteiger partial charge in [-0.2, -0.15) is 11.8 Å². The third kappa shape index (κ3) is 1.50. The summed E-state index contributed by atoms with van der Waals surface area (Å²) in [6.45, 7) is 0. The van der Waals surface area contributed by atoms with E-state index < -0.39 is 0 Å². The van der Waals surface area contributed by atoms with Crippen molar-refractivity contribution >= 4 is 11.8 Å². The van der Waals surface area contributed by atoms with Crippen LogP contribution >= 0.6 is 11.8 Å². The molecule has 1 heterocycles. The Morgan fingerprint density at radius 1 is 1.00 bits per heavy atom. The fourth-order valence-electron chi connectivity index (χ4n) is 2.16. The number of hydrogen-bond donors (Lipinski definition) is 0. The van der Waals surface area contributed by atoms with Crippen LogP contribution in [0, 0.1) is 5.92 Å². The van der Waals surface area contributed by atoms with Crippen molar-refractivity contribution in [3.8, 4) is 0 Å². The van der Waals surface area contributed by atoms with E-state index in [4.69, 9.17) is 0 Å². The molecule has 0 radical (unpaired) electrons. The Balaban J connectivity index is 1.91. The number of thioether (sulfide) groups is 1. The molecular formula is C9H16S. The van der Waals surface area contributed by atoms with Gasteiger partial charge in [-0.25, -0.2) is 0 Å². The first-order valence-corrected chi connectivity index (χ1v) is 5.61. The highest BCUT2D eigenvalue weighted by atomic mass is 32.2. The van der Waals surface area contributed by atoms with Gasteiger partial charge in [-0.05, 0) is 30.9 Å². The van der Waals surface area contributed by atoms with Crippen LogP contribution in [0.3, 0.4) is 0 Å². The zero-order chi connectivity index (χ0) is 6.81. The molecule has 10 heavy (non-hydrogen) atoms. The van der Waals surface area contributed by atoms with Crippen molar-refractivity contribution in [3.63, 3.8) is 0 Å². The second-order valence-electron chi connectivity index (χ2n) is 3.70. The first-order valence-electron chi connectivity index (χ1n) is 4.57. The van der Waals surface area contributed by atoms with Crippen molar-refractivity contribution in [1.82, 2.24) is 0 Å². The molecule has 0 aromatic rings. The molecule has 0 aromatic carbocycles. The standard InChI is InChI=1S/C9H16S/c1-2-4-8-6-9(5-3-1)10-7-8/h8-9H,1-7H2. The van der Waals surface area contributed by atoms with Gasteiger partial charge in [-0.3, -0.25) is 0 Å². The van der Waals surface area contributed by atoms with Gasteiger partial charge in [0.15, 0.2) is 0 Å². The van der Waals surface area contributed by atoms with Crippen LogP contribution in [-0.2, 0) is 0 Å². The molecule has 2 atom stereocenters. The Labute approximate surface area is 67.8 Å². The molecule has 2 bridgehead atoms. The highest BCUT2D eigenvalue weighted by Crippen LogP contribution is 2.38. The maximum atomic E-state index is 2.24. The summed E-state index contributed by atoms with van der Waals surface area (Å²) >= 11 is 2.24. The summed E-state index contributed by atoms with van der Waals surface area (Å²) in [7, 11) is 0. The smallest absolute Gasteiger partial charge is 0.00500 e. The van der Waals surface area contributed by atoms with Gasteiger partial charge in [0.25, 0.3) is 0 Å². The fourth-order valence-corrected chi connectivity index (χ4v) is 3.75. The van der Waals surface area contributed by atoms with Crippen LogP contribution in [-0.4, -0.2) is 11.0 Å². The van der Waals surface area contributed by atoms with E-state index in [1.54, 1.807) is 6.42 Å². The van der Waals surface area contributed by atoms with Gasteiger partial charge in [0.1, 0.15) is 0 Å². The molecule has 0 amide bonds. The van der Waals surface area contributed by atoms with Gasteiger partial charge in [0.05, 0.1) is 0 Å². The lowest BCUT2D eigenvalue weighted by Gasteiger charge is -2.13. The van der Waals surface area contributed by atoms with Crippen LogP contribution in [0.4, 0.5) is 0 Å². The summed E-state index contributed by atoms with van der Waals surface area (Å²) in [5, 5.41) is 1.06. The minimum absolute atomic E-state index is 1.06. The molecule has 0 N–H and O–H groups in total. The van der Waals surface area contributed by atoms with E-state index in [1.165, 1.54) is 37.9 Å². The second-order valence-corrected chi connectivity index (χ2v) is 5.03. The van der Waals surface area contributed by atoms with E-state index >= 15 is 0 Å². The average molecular weight is 156 g/mol. The third-order valence-corrected chi connectivity index (χ3v) is 4.37. The zero-order valence-electron chi connectivity index (χ0n) is 6.51. The van der Waals surface area contributed by atoms with Crippen LogP contribution in [0.25, 0.3) is 0 Å². The molecule has 58 valence electrons. The molecular weight excluding hydrogens is 140 g/mol. The Morgan fingerprint density at radius 2 is 1.90 bits per heavy atom. The molecule has 1 aliphatic heterocycles. The van der Waals surface area contributed by atoms with Crippen LogP contribution < -0.4 is 0 Å². The molecule has 0 spiro atoms. The lowest BCUT2D eigenvalue weighted by molar-refractivity contribution is 0.435. The minimum atomic E-state index is 1.06. The van der Waals surface area contributed by atoms with Crippen molar-refractivity contribution in [2.24, 2.45) is 5.92 Å². The van der Waals surface area contributed by atoms with Gasteiger partial charge >= 0.3 is 0 Å². The molecule has 2 aliphatic rings. The van der Waals surface area contributed by atoms with Crippen molar-refractivity contribution in [2.75, 3.05) is 5.75 Å². The van der Waals surface area contributed by atoms with E-state index in [0.717, 1.165) is 11.2 Å². The Bertz CT molecular complexity index is 99.3. The Kier molecular flexibility index (Phi) is 2.22. The zero-order valence-corrected chi connectivity index (χ0v) is 7.33. The SMILES string of the molecule is C1CCC2CSC(CC1)C2. The van der Waals surface area contributed by atoms with Crippen LogP contribution in [0.15, 0.2) is 0 Å². The normalized spacial score (nSPS) is 40.8. The maximum Gasteiger partial charge on any atom is 0.00500 e. The van der Waals surface area contributed by atoms with Crippen LogP contribution in [0.1, 0.15) is 38.5 Å². The van der Waals surface area contributed by atoms with E-state index in [9.17, 15) is 0 Å². The highest BCUT2D eigenvalue weighted by molar-refractivity contribution is 8.00. The molecule has 0 aromatic heterocycles. The van der Waals surface area contributed by atoms with Gasteiger partial charge in [-0.1, -0.05) is 19.3 Å². The van der Waals surface area contributed by atoms with E-state index in [2.05, 4.69) is 11.8 Å². The average Bonchev–Trinajstić information content (AvgIpc) is 2.30. The molecule has 1 heteroatoms. The summed E-state index contributed by atoms with van der Waals surface area (Å²) in [6, 6.07) is 0. The predicted octanol–water partition coefficient (Wildman–Crippen LogP) is 3.07. The molecule has 0 nitrogen and oxygen atoms in total.